The molecule has 0 atom stereocenters. The lowest BCUT2D eigenvalue weighted by Crippen LogP contribution is -1.94. The molecule has 6 nitrogen and oxygen atoms in total. The average molecular weight is 271 g/mol. The molecule has 0 saturated carbocycles. The highest BCUT2D eigenvalue weighted by molar-refractivity contribution is 6.31. The monoisotopic (exact) mass is 270 g/mol. The van der Waals surface area contributed by atoms with Crippen molar-refractivity contribution in [3.8, 4) is 11.4 Å². The smallest absolute Gasteiger partial charge is 0.258 e. The van der Waals surface area contributed by atoms with Crippen LogP contribution < -0.4 is 0 Å². The van der Waals surface area contributed by atoms with Gasteiger partial charge in [0.25, 0.3) is 5.69 Å². The Kier molecular flexibility index (Phi) is 3.16. The lowest BCUT2D eigenvalue weighted by Gasteiger charge is -2.00. The van der Waals surface area contributed by atoms with Gasteiger partial charge in [0, 0.05) is 17.7 Å². The van der Waals surface area contributed by atoms with Crippen molar-refractivity contribution in [3.63, 3.8) is 0 Å². The number of hydrogen-bond acceptors (Lipinski definition) is 5. The molecule has 2 rings (SSSR count). The van der Waals surface area contributed by atoms with Crippen LogP contribution >= 0.6 is 23.2 Å². The van der Waals surface area contributed by atoms with E-state index in [0.717, 1.165) is 0 Å². The molecule has 0 aliphatic rings. The Morgan fingerprint density at radius 3 is 2.00 bits per heavy atom. The summed E-state index contributed by atoms with van der Waals surface area (Å²) in [6.45, 7) is 0. The number of nitro benzene ring substituents is 1. The molecule has 0 saturated heterocycles. The molecule has 0 aliphatic heterocycles. The molecule has 0 spiro atoms. The molecule has 0 aliphatic carbocycles. The fourth-order valence-corrected chi connectivity index (χ4v) is 1.55. The second-order valence-corrected chi connectivity index (χ2v) is 3.68. The molecule has 17 heavy (non-hydrogen) atoms. The molecule has 1 heterocycles. The van der Waals surface area contributed by atoms with E-state index in [-0.39, 0.29) is 22.1 Å². The molecule has 0 unspecified atom stereocenters. The Hall–Kier alpha value is -1.79. The van der Waals surface area contributed by atoms with Crippen LogP contribution in [0, 0.1) is 10.1 Å². The maximum absolute atomic E-state index is 10.5. The first kappa shape index (κ1) is 11.7. The SMILES string of the molecule is O=[N+]([O-])c1ccc(-c2nc(Cl)nc(Cl)n2)cc1. The van der Waals surface area contributed by atoms with Gasteiger partial charge in [-0.1, -0.05) is 0 Å². The first-order valence-electron chi connectivity index (χ1n) is 4.38. The Morgan fingerprint density at radius 2 is 1.53 bits per heavy atom. The van der Waals surface area contributed by atoms with Gasteiger partial charge in [-0.25, -0.2) is 0 Å². The minimum Gasteiger partial charge on any atom is -0.258 e. The fraction of sp³-hybridized carbons (Fsp3) is 0. The molecule has 0 N–H and O–H groups in total. The van der Waals surface area contributed by atoms with Crippen molar-refractivity contribution in [1.29, 1.82) is 0 Å². The number of halogens is 2. The van der Waals surface area contributed by atoms with Gasteiger partial charge in [-0.2, -0.15) is 15.0 Å². The van der Waals surface area contributed by atoms with E-state index in [1.54, 1.807) is 0 Å². The van der Waals surface area contributed by atoms with Crippen molar-refractivity contribution in [2.24, 2.45) is 0 Å². The number of aromatic nitrogens is 3. The van der Waals surface area contributed by atoms with E-state index in [9.17, 15) is 10.1 Å². The van der Waals surface area contributed by atoms with Crippen molar-refractivity contribution >= 4 is 28.9 Å². The summed E-state index contributed by atoms with van der Waals surface area (Å²) >= 11 is 11.3. The van der Waals surface area contributed by atoms with Crippen molar-refractivity contribution in [2.75, 3.05) is 0 Å². The van der Waals surface area contributed by atoms with Crippen LogP contribution in [0.2, 0.25) is 10.6 Å². The predicted molar refractivity (Wildman–Crippen MR) is 61.9 cm³/mol. The number of non-ortho nitro benzene ring substituents is 1. The van der Waals surface area contributed by atoms with Crippen molar-refractivity contribution in [2.45, 2.75) is 0 Å². The van der Waals surface area contributed by atoms with Gasteiger partial charge in [0.1, 0.15) is 0 Å². The maximum Gasteiger partial charge on any atom is 0.269 e. The van der Waals surface area contributed by atoms with Crippen molar-refractivity contribution in [1.82, 2.24) is 15.0 Å². The van der Waals surface area contributed by atoms with E-state index in [1.807, 2.05) is 0 Å². The van der Waals surface area contributed by atoms with Gasteiger partial charge in [0.2, 0.25) is 10.6 Å². The molecule has 0 amide bonds. The zero-order valence-corrected chi connectivity index (χ0v) is 9.68. The van der Waals surface area contributed by atoms with E-state index < -0.39 is 4.92 Å². The summed E-state index contributed by atoms with van der Waals surface area (Å²) in [6, 6.07) is 5.72. The predicted octanol–water partition coefficient (Wildman–Crippen LogP) is 2.75. The average Bonchev–Trinajstić information content (AvgIpc) is 2.28. The molecule has 8 heteroatoms. The lowest BCUT2D eigenvalue weighted by molar-refractivity contribution is -0.384. The first-order chi connectivity index (χ1) is 8.06. The minimum absolute atomic E-state index is 0.0139. The maximum atomic E-state index is 10.5. The lowest BCUT2D eigenvalue weighted by atomic mass is 10.2. The first-order valence-corrected chi connectivity index (χ1v) is 5.14. The van der Waals surface area contributed by atoms with E-state index in [4.69, 9.17) is 23.2 Å². The number of hydrogen-bond donors (Lipinski definition) is 0. The van der Waals surface area contributed by atoms with Crippen LogP contribution in [0.15, 0.2) is 24.3 Å². The highest BCUT2D eigenvalue weighted by Crippen LogP contribution is 2.21. The van der Waals surface area contributed by atoms with Crippen LogP contribution in [-0.4, -0.2) is 19.9 Å². The van der Waals surface area contributed by atoms with Crippen LogP contribution in [-0.2, 0) is 0 Å². The topological polar surface area (TPSA) is 81.8 Å². The van der Waals surface area contributed by atoms with Crippen molar-refractivity contribution < 1.29 is 4.92 Å². The Balaban J connectivity index is 2.43. The third-order valence-electron chi connectivity index (χ3n) is 1.92. The van der Waals surface area contributed by atoms with Crippen LogP contribution in [0.3, 0.4) is 0 Å². The molecular formula is C9H4Cl2N4O2. The van der Waals surface area contributed by atoms with Crippen LogP contribution in [0.4, 0.5) is 5.69 Å². The molecule has 86 valence electrons. The molecule has 0 radical (unpaired) electrons. The van der Waals surface area contributed by atoms with Crippen molar-refractivity contribution in [3.05, 3.63) is 44.9 Å². The summed E-state index contributed by atoms with van der Waals surface area (Å²) in [7, 11) is 0. The van der Waals surface area contributed by atoms with Gasteiger partial charge in [-0.3, -0.25) is 10.1 Å². The molecule has 2 aromatic rings. The van der Waals surface area contributed by atoms with Gasteiger partial charge in [-0.15, -0.1) is 0 Å². The van der Waals surface area contributed by atoms with E-state index >= 15 is 0 Å². The van der Waals surface area contributed by atoms with E-state index in [2.05, 4.69) is 15.0 Å². The number of nitro groups is 1. The third kappa shape index (κ3) is 2.66. The summed E-state index contributed by atoms with van der Waals surface area (Å²) in [5.41, 5.74) is 0.557. The van der Waals surface area contributed by atoms with Crippen LogP contribution in [0.5, 0.6) is 0 Å². The summed E-state index contributed by atoms with van der Waals surface area (Å²) in [5, 5.41) is 10.4. The minimum atomic E-state index is -0.489. The normalized spacial score (nSPS) is 10.2. The zero-order valence-electron chi connectivity index (χ0n) is 8.17. The standard InChI is InChI=1S/C9H4Cl2N4O2/c10-8-12-7(13-9(11)14-8)5-1-3-6(4-2-5)15(16)17/h1-4H. The number of benzene rings is 1. The third-order valence-corrected chi connectivity index (χ3v) is 2.26. The Morgan fingerprint density at radius 1 is 1.00 bits per heavy atom. The zero-order chi connectivity index (χ0) is 12.4. The van der Waals surface area contributed by atoms with Gasteiger partial charge in [0.15, 0.2) is 5.82 Å². The highest BCUT2D eigenvalue weighted by Gasteiger charge is 2.09. The summed E-state index contributed by atoms with van der Waals surface area (Å²) in [6.07, 6.45) is 0. The van der Waals surface area contributed by atoms with E-state index in [1.165, 1.54) is 24.3 Å². The van der Waals surface area contributed by atoms with Gasteiger partial charge in [0.05, 0.1) is 4.92 Å². The van der Waals surface area contributed by atoms with Gasteiger partial charge >= 0.3 is 0 Å². The second-order valence-electron chi connectivity index (χ2n) is 3.00. The quantitative estimate of drug-likeness (QED) is 0.619. The molecule has 0 bridgehead atoms. The molecule has 0 fully saturated rings. The van der Waals surface area contributed by atoms with Crippen LogP contribution in [0.1, 0.15) is 0 Å². The highest BCUT2D eigenvalue weighted by atomic mass is 35.5. The Bertz CT molecular complexity index is 553. The summed E-state index contributed by atoms with van der Waals surface area (Å²) < 4.78 is 0. The summed E-state index contributed by atoms with van der Waals surface area (Å²) in [5.74, 6) is 0.268. The number of nitrogens with zero attached hydrogens (tertiary/aromatic N) is 4. The molecule has 1 aromatic heterocycles. The molecule has 1 aromatic carbocycles. The Labute approximate surface area is 105 Å². The summed E-state index contributed by atoms with van der Waals surface area (Å²) in [4.78, 5) is 21.3. The van der Waals surface area contributed by atoms with Gasteiger partial charge in [-0.05, 0) is 35.3 Å². The van der Waals surface area contributed by atoms with E-state index in [0.29, 0.717) is 5.56 Å². The van der Waals surface area contributed by atoms with Crippen LogP contribution in [0.25, 0.3) is 11.4 Å². The number of rotatable bonds is 2. The largest absolute Gasteiger partial charge is 0.269 e. The second kappa shape index (κ2) is 4.60. The van der Waals surface area contributed by atoms with Gasteiger partial charge < -0.3 is 0 Å². The molecular weight excluding hydrogens is 267 g/mol. The fourth-order valence-electron chi connectivity index (χ4n) is 1.19.